The van der Waals surface area contributed by atoms with Crippen LogP contribution in [0.5, 0.6) is 0 Å². The van der Waals surface area contributed by atoms with Crippen LogP contribution in [0.15, 0.2) is 9.98 Å². The molecule has 0 N–H and O–H groups in total. The van der Waals surface area contributed by atoms with Gasteiger partial charge in [0, 0.05) is 7.05 Å². The molecule has 1 aromatic rings. The van der Waals surface area contributed by atoms with Crippen LogP contribution in [0.3, 0.4) is 0 Å². The fourth-order valence-corrected chi connectivity index (χ4v) is 1.74. The molecule has 0 atom stereocenters. The molecular weight excluding hydrogens is 244 g/mol. The maximum absolute atomic E-state index is 11.3. The van der Waals surface area contributed by atoms with E-state index in [4.69, 9.17) is 4.84 Å². The number of nitrogens with zero attached hydrogens (tertiary/aromatic N) is 2. The molecule has 0 bridgehead atoms. The number of hydrogen-bond donors (Lipinski definition) is 0. The van der Waals surface area contributed by atoms with Gasteiger partial charge in [0.05, 0.1) is 17.1 Å². The standard InChI is InChI=1S/C6H7BrN2O2S/c1-9(11-2)6(10)5-8-3-4(7)12-5/h3H,1-2H3. The van der Waals surface area contributed by atoms with Crippen molar-refractivity contribution in [3.05, 3.63) is 15.0 Å². The average Bonchev–Trinajstić information content (AvgIpc) is 2.49. The number of carbonyl (C=O) groups excluding carboxylic acids is 1. The van der Waals surface area contributed by atoms with Gasteiger partial charge in [0.2, 0.25) is 0 Å². The first-order chi connectivity index (χ1) is 5.65. The largest absolute Gasteiger partial charge is 0.306 e. The highest BCUT2D eigenvalue weighted by molar-refractivity contribution is 9.11. The van der Waals surface area contributed by atoms with Crippen LogP contribution in [0.4, 0.5) is 0 Å². The molecule has 1 rings (SSSR count). The van der Waals surface area contributed by atoms with Gasteiger partial charge in [0.1, 0.15) is 0 Å². The first-order valence-electron chi connectivity index (χ1n) is 3.08. The van der Waals surface area contributed by atoms with Crippen LogP contribution >= 0.6 is 27.3 Å². The summed E-state index contributed by atoms with van der Waals surface area (Å²) in [5, 5.41) is 1.54. The number of aromatic nitrogens is 1. The number of hydrogen-bond acceptors (Lipinski definition) is 4. The van der Waals surface area contributed by atoms with Crippen LogP contribution in [0.1, 0.15) is 9.80 Å². The molecule has 0 aliphatic carbocycles. The summed E-state index contributed by atoms with van der Waals surface area (Å²) in [6.45, 7) is 0. The minimum Gasteiger partial charge on any atom is -0.274 e. The van der Waals surface area contributed by atoms with Crippen molar-refractivity contribution in [3.63, 3.8) is 0 Å². The van der Waals surface area contributed by atoms with Crippen molar-refractivity contribution < 1.29 is 9.63 Å². The summed E-state index contributed by atoms with van der Waals surface area (Å²) < 4.78 is 0.829. The number of carbonyl (C=O) groups is 1. The lowest BCUT2D eigenvalue weighted by Crippen LogP contribution is -2.25. The highest BCUT2D eigenvalue weighted by atomic mass is 79.9. The van der Waals surface area contributed by atoms with E-state index >= 15 is 0 Å². The maximum Gasteiger partial charge on any atom is 0.306 e. The molecule has 0 spiro atoms. The van der Waals surface area contributed by atoms with Gasteiger partial charge in [-0.25, -0.2) is 10.0 Å². The van der Waals surface area contributed by atoms with Crippen molar-refractivity contribution in [2.75, 3.05) is 14.2 Å². The average molecular weight is 251 g/mol. The smallest absolute Gasteiger partial charge is 0.274 e. The Labute approximate surface area is 82.2 Å². The Kier molecular flexibility index (Phi) is 3.19. The van der Waals surface area contributed by atoms with Crippen molar-refractivity contribution >= 4 is 33.2 Å². The van der Waals surface area contributed by atoms with E-state index in [9.17, 15) is 4.79 Å². The van der Waals surface area contributed by atoms with Crippen LogP contribution in [0.25, 0.3) is 0 Å². The molecule has 66 valence electrons. The van der Waals surface area contributed by atoms with Gasteiger partial charge in [-0.15, -0.1) is 11.3 Å². The predicted molar refractivity (Wildman–Crippen MR) is 48.9 cm³/mol. The molecule has 12 heavy (non-hydrogen) atoms. The van der Waals surface area contributed by atoms with Gasteiger partial charge in [-0.3, -0.25) is 9.63 Å². The first-order valence-corrected chi connectivity index (χ1v) is 4.69. The molecule has 0 unspecified atom stereocenters. The van der Waals surface area contributed by atoms with E-state index in [0.29, 0.717) is 5.01 Å². The molecule has 0 saturated heterocycles. The highest BCUT2D eigenvalue weighted by Crippen LogP contribution is 2.19. The SMILES string of the molecule is CON(C)C(=O)c1ncc(Br)s1. The second-order valence-electron chi connectivity index (χ2n) is 1.95. The third-order valence-electron chi connectivity index (χ3n) is 1.22. The monoisotopic (exact) mass is 250 g/mol. The van der Waals surface area contributed by atoms with Gasteiger partial charge >= 0.3 is 5.91 Å². The van der Waals surface area contributed by atoms with Gasteiger partial charge < -0.3 is 0 Å². The summed E-state index contributed by atoms with van der Waals surface area (Å²) in [6, 6.07) is 0. The van der Waals surface area contributed by atoms with E-state index in [0.717, 1.165) is 8.85 Å². The summed E-state index contributed by atoms with van der Waals surface area (Å²) in [4.78, 5) is 19.9. The Bertz CT molecular complexity index is 289. The molecular formula is C6H7BrN2O2S. The predicted octanol–water partition coefficient (Wildman–Crippen LogP) is 1.54. The molecule has 1 heterocycles. The van der Waals surface area contributed by atoms with Crippen LogP contribution < -0.4 is 0 Å². The van der Waals surface area contributed by atoms with E-state index in [2.05, 4.69) is 20.9 Å². The summed E-state index contributed by atoms with van der Waals surface area (Å²) in [5.74, 6) is -0.242. The Hall–Kier alpha value is -0.460. The molecule has 0 aliphatic rings. The third-order valence-corrected chi connectivity index (χ3v) is 2.68. The Morgan fingerprint density at radius 1 is 1.83 bits per heavy atom. The van der Waals surface area contributed by atoms with Crippen LogP contribution in [0, 0.1) is 0 Å². The van der Waals surface area contributed by atoms with Gasteiger partial charge in [-0.2, -0.15) is 0 Å². The third kappa shape index (κ3) is 2.02. The van der Waals surface area contributed by atoms with Crippen LogP contribution in [0.2, 0.25) is 0 Å². The molecule has 1 aromatic heterocycles. The van der Waals surface area contributed by atoms with Crippen molar-refractivity contribution in [3.8, 4) is 0 Å². The number of thiazole rings is 1. The van der Waals surface area contributed by atoms with Gasteiger partial charge in [-0.1, -0.05) is 0 Å². The van der Waals surface area contributed by atoms with E-state index in [1.54, 1.807) is 6.20 Å². The summed E-state index contributed by atoms with van der Waals surface area (Å²) >= 11 is 4.49. The molecule has 6 heteroatoms. The maximum atomic E-state index is 11.3. The lowest BCUT2D eigenvalue weighted by molar-refractivity contribution is -0.0757. The van der Waals surface area contributed by atoms with E-state index in [-0.39, 0.29) is 5.91 Å². The van der Waals surface area contributed by atoms with Crippen molar-refractivity contribution in [1.29, 1.82) is 0 Å². The number of hydroxylamine groups is 2. The minimum absolute atomic E-state index is 0.242. The molecule has 0 fully saturated rings. The molecule has 4 nitrogen and oxygen atoms in total. The molecule has 0 aliphatic heterocycles. The van der Waals surface area contributed by atoms with E-state index < -0.39 is 0 Å². The van der Waals surface area contributed by atoms with Gasteiger partial charge in [0.25, 0.3) is 0 Å². The Morgan fingerprint density at radius 3 is 2.92 bits per heavy atom. The normalized spacial score (nSPS) is 9.92. The summed E-state index contributed by atoms with van der Waals surface area (Å²) in [7, 11) is 2.97. The topological polar surface area (TPSA) is 42.4 Å². The first kappa shape index (κ1) is 9.63. The number of rotatable bonds is 2. The number of halogens is 1. The fraction of sp³-hybridized carbons (Fsp3) is 0.333. The fourth-order valence-electron chi connectivity index (χ4n) is 0.571. The molecule has 0 aromatic carbocycles. The van der Waals surface area contributed by atoms with Crippen LogP contribution in [-0.4, -0.2) is 30.1 Å². The van der Waals surface area contributed by atoms with Crippen molar-refractivity contribution in [2.45, 2.75) is 0 Å². The van der Waals surface area contributed by atoms with Crippen molar-refractivity contribution in [1.82, 2.24) is 10.0 Å². The lowest BCUT2D eigenvalue weighted by atomic mass is 10.6. The van der Waals surface area contributed by atoms with E-state index in [1.165, 1.54) is 25.5 Å². The summed E-state index contributed by atoms with van der Waals surface area (Å²) in [6.07, 6.45) is 1.58. The second kappa shape index (κ2) is 3.97. The zero-order chi connectivity index (χ0) is 9.14. The highest BCUT2D eigenvalue weighted by Gasteiger charge is 2.14. The molecule has 0 saturated carbocycles. The molecule has 0 radical (unpaired) electrons. The van der Waals surface area contributed by atoms with Crippen LogP contribution in [-0.2, 0) is 4.84 Å². The quantitative estimate of drug-likeness (QED) is 0.749. The summed E-state index contributed by atoms with van der Waals surface area (Å²) in [5.41, 5.74) is 0. The van der Waals surface area contributed by atoms with Crippen molar-refractivity contribution in [2.24, 2.45) is 0 Å². The van der Waals surface area contributed by atoms with Gasteiger partial charge in [-0.05, 0) is 15.9 Å². The minimum atomic E-state index is -0.242. The zero-order valence-electron chi connectivity index (χ0n) is 6.57. The van der Waals surface area contributed by atoms with Gasteiger partial charge in [0.15, 0.2) is 5.01 Å². The zero-order valence-corrected chi connectivity index (χ0v) is 8.98. The Morgan fingerprint density at radius 2 is 2.50 bits per heavy atom. The second-order valence-corrected chi connectivity index (χ2v) is 4.36. The van der Waals surface area contributed by atoms with E-state index in [1.807, 2.05) is 0 Å². The number of amides is 1. The Balaban J connectivity index is 2.78. The molecule has 1 amide bonds. The lowest BCUT2D eigenvalue weighted by Gasteiger charge is -2.10.